The standard InChI is InChI=1S/C18H19F3N4O2S/c1-12(26)22-9-3-4-14-17(28-18(19,20)21)15-5-2-6-16(25(15)24-14)23-13-7-10-27-11-8-13/h2,5-6,13,23H,7-11H2,1H3,(H,22,26). The number of carbonyl (C=O) groups excluding carboxylic acids is 1. The van der Waals surface area contributed by atoms with Crippen molar-refractivity contribution in [2.45, 2.75) is 36.2 Å². The zero-order valence-corrected chi connectivity index (χ0v) is 15.9. The van der Waals surface area contributed by atoms with Gasteiger partial charge >= 0.3 is 5.51 Å². The number of halogens is 3. The van der Waals surface area contributed by atoms with E-state index in [4.69, 9.17) is 4.74 Å². The van der Waals surface area contributed by atoms with Gasteiger partial charge in [-0.25, -0.2) is 4.52 Å². The van der Waals surface area contributed by atoms with Gasteiger partial charge in [-0.3, -0.25) is 4.79 Å². The van der Waals surface area contributed by atoms with Gasteiger partial charge in [0.15, 0.2) is 0 Å². The topological polar surface area (TPSA) is 67.7 Å². The first kappa shape index (κ1) is 20.4. The largest absolute Gasteiger partial charge is 0.446 e. The van der Waals surface area contributed by atoms with Gasteiger partial charge in [0.1, 0.15) is 11.5 Å². The number of aromatic nitrogens is 2. The summed E-state index contributed by atoms with van der Waals surface area (Å²) < 4.78 is 46.0. The molecule has 0 atom stereocenters. The normalized spacial score (nSPS) is 15.1. The number of anilines is 1. The molecule has 0 radical (unpaired) electrons. The van der Waals surface area contributed by atoms with Crippen molar-refractivity contribution >= 4 is 29.0 Å². The van der Waals surface area contributed by atoms with Crippen molar-refractivity contribution in [1.82, 2.24) is 14.9 Å². The Bertz CT molecular complexity index is 911. The predicted octanol–water partition coefficient (Wildman–Crippen LogP) is 3.02. The van der Waals surface area contributed by atoms with Crippen molar-refractivity contribution in [3.05, 3.63) is 23.9 Å². The van der Waals surface area contributed by atoms with Gasteiger partial charge in [-0.15, -0.1) is 0 Å². The maximum atomic E-state index is 13.1. The van der Waals surface area contributed by atoms with E-state index in [1.807, 2.05) is 0 Å². The van der Waals surface area contributed by atoms with E-state index in [1.54, 1.807) is 18.2 Å². The van der Waals surface area contributed by atoms with E-state index in [9.17, 15) is 18.0 Å². The number of ether oxygens (including phenoxy) is 1. The molecule has 1 saturated heterocycles. The molecule has 0 aromatic carbocycles. The smallest absolute Gasteiger partial charge is 0.381 e. The fourth-order valence-electron chi connectivity index (χ4n) is 2.80. The van der Waals surface area contributed by atoms with Crippen LogP contribution in [0.15, 0.2) is 23.1 Å². The van der Waals surface area contributed by atoms with Crippen LogP contribution >= 0.6 is 11.8 Å². The number of pyridine rings is 1. The molecule has 2 N–H and O–H groups in total. The first-order chi connectivity index (χ1) is 13.3. The van der Waals surface area contributed by atoms with Crippen molar-refractivity contribution < 1.29 is 22.7 Å². The lowest BCUT2D eigenvalue weighted by Crippen LogP contribution is -2.28. The second-order valence-corrected chi connectivity index (χ2v) is 7.25. The molecule has 10 heteroatoms. The lowest BCUT2D eigenvalue weighted by atomic mass is 10.1. The van der Waals surface area contributed by atoms with Crippen LogP contribution in [0, 0.1) is 11.8 Å². The summed E-state index contributed by atoms with van der Waals surface area (Å²) in [6.07, 6.45) is 1.62. The SMILES string of the molecule is CC(=O)NCC#Cc1nn2c(NC3CCOCC3)cccc2c1SC(F)(F)F. The number of hydrogen-bond donors (Lipinski definition) is 2. The minimum absolute atomic E-state index is 0.0221. The van der Waals surface area contributed by atoms with E-state index in [0.29, 0.717) is 24.5 Å². The van der Waals surface area contributed by atoms with Gasteiger partial charge in [0, 0.05) is 26.2 Å². The molecule has 2 aromatic rings. The first-order valence-corrected chi connectivity index (χ1v) is 9.50. The van der Waals surface area contributed by atoms with Gasteiger partial charge < -0.3 is 15.4 Å². The van der Waals surface area contributed by atoms with E-state index in [0.717, 1.165) is 12.8 Å². The number of nitrogens with one attached hydrogen (secondary N) is 2. The van der Waals surface area contributed by atoms with E-state index in [2.05, 4.69) is 27.6 Å². The zero-order chi connectivity index (χ0) is 20.1. The maximum absolute atomic E-state index is 13.1. The van der Waals surface area contributed by atoms with Gasteiger partial charge in [-0.2, -0.15) is 18.3 Å². The number of alkyl halides is 3. The Labute approximate surface area is 164 Å². The highest BCUT2D eigenvalue weighted by Gasteiger charge is 2.33. The second-order valence-electron chi connectivity index (χ2n) is 6.18. The third-order valence-electron chi connectivity index (χ3n) is 4.04. The van der Waals surface area contributed by atoms with Crippen LogP contribution in [0.4, 0.5) is 19.0 Å². The molecule has 3 heterocycles. The molecule has 1 aliphatic heterocycles. The van der Waals surface area contributed by atoms with E-state index >= 15 is 0 Å². The average molecular weight is 412 g/mol. The van der Waals surface area contributed by atoms with Crippen LogP contribution < -0.4 is 10.6 Å². The lowest BCUT2D eigenvalue weighted by molar-refractivity contribution is -0.118. The number of thioether (sulfide) groups is 1. The molecule has 0 saturated carbocycles. The Morgan fingerprint density at radius 2 is 2.14 bits per heavy atom. The monoisotopic (exact) mass is 412 g/mol. The van der Waals surface area contributed by atoms with Crippen molar-refractivity contribution in [2.24, 2.45) is 0 Å². The summed E-state index contributed by atoms with van der Waals surface area (Å²) in [7, 11) is 0. The fraction of sp³-hybridized carbons (Fsp3) is 0.444. The van der Waals surface area contributed by atoms with Crippen molar-refractivity contribution in [3.8, 4) is 11.8 Å². The number of amides is 1. The van der Waals surface area contributed by atoms with Crippen LogP contribution in [-0.2, 0) is 9.53 Å². The van der Waals surface area contributed by atoms with E-state index in [-0.39, 0.29) is 40.8 Å². The summed E-state index contributed by atoms with van der Waals surface area (Å²) in [5.41, 5.74) is -4.13. The number of hydrogen-bond acceptors (Lipinski definition) is 5. The van der Waals surface area contributed by atoms with Gasteiger partial charge in [0.25, 0.3) is 0 Å². The second kappa shape index (κ2) is 8.75. The highest BCUT2D eigenvalue weighted by atomic mass is 32.2. The Morgan fingerprint density at radius 3 is 2.82 bits per heavy atom. The van der Waals surface area contributed by atoms with Crippen molar-refractivity contribution in [3.63, 3.8) is 0 Å². The molecule has 1 aliphatic rings. The molecule has 0 unspecified atom stereocenters. The Hall–Kier alpha value is -2.38. The summed E-state index contributed by atoms with van der Waals surface area (Å²) in [6, 6.07) is 5.20. The number of carbonyl (C=O) groups is 1. The summed E-state index contributed by atoms with van der Waals surface area (Å²) in [4.78, 5) is 10.9. The van der Waals surface area contributed by atoms with Crippen molar-refractivity contribution in [1.29, 1.82) is 0 Å². The quantitative estimate of drug-likeness (QED) is 0.597. The molecule has 0 spiro atoms. The molecular weight excluding hydrogens is 393 g/mol. The Kier molecular flexibility index (Phi) is 6.36. The van der Waals surface area contributed by atoms with Crippen LogP contribution in [0.1, 0.15) is 25.5 Å². The van der Waals surface area contributed by atoms with Gasteiger partial charge in [0.2, 0.25) is 5.91 Å². The minimum atomic E-state index is -4.47. The molecule has 28 heavy (non-hydrogen) atoms. The fourth-order valence-corrected chi connectivity index (χ4v) is 3.48. The molecule has 2 aromatic heterocycles. The van der Waals surface area contributed by atoms with Gasteiger partial charge in [-0.05, 0) is 42.7 Å². The molecular formula is C18H19F3N4O2S. The highest BCUT2D eigenvalue weighted by Crippen LogP contribution is 2.41. The summed E-state index contributed by atoms with van der Waals surface area (Å²) in [5, 5.41) is 10.1. The third-order valence-corrected chi connectivity index (χ3v) is 4.87. The molecule has 1 amide bonds. The number of fused-ring (bicyclic) bond motifs is 1. The Morgan fingerprint density at radius 1 is 1.39 bits per heavy atom. The predicted molar refractivity (Wildman–Crippen MR) is 100 cm³/mol. The molecule has 3 rings (SSSR count). The summed E-state index contributed by atoms with van der Waals surface area (Å²) in [6.45, 7) is 2.65. The molecule has 6 nitrogen and oxygen atoms in total. The third kappa shape index (κ3) is 5.33. The van der Waals surface area contributed by atoms with Crippen LogP contribution in [0.25, 0.3) is 5.52 Å². The van der Waals surface area contributed by atoms with Gasteiger partial charge in [0.05, 0.1) is 17.0 Å². The van der Waals surface area contributed by atoms with Crippen LogP contribution in [0.3, 0.4) is 0 Å². The highest BCUT2D eigenvalue weighted by molar-refractivity contribution is 8.00. The lowest BCUT2D eigenvalue weighted by Gasteiger charge is -2.24. The molecule has 0 aliphatic carbocycles. The molecule has 150 valence electrons. The van der Waals surface area contributed by atoms with Crippen molar-refractivity contribution in [2.75, 3.05) is 25.1 Å². The van der Waals surface area contributed by atoms with Crippen LogP contribution in [0.5, 0.6) is 0 Å². The van der Waals surface area contributed by atoms with Gasteiger partial charge in [-0.1, -0.05) is 12.0 Å². The molecule has 0 bridgehead atoms. The minimum Gasteiger partial charge on any atom is -0.381 e. The Balaban J connectivity index is 1.96. The summed E-state index contributed by atoms with van der Waals surface area (Å²) in [5.74, 6) is 5.63. The number of rotatable bonds is 4. The van der Waals surface area contributed by atoms with Crippen LogP contribution in [0.2, 0.25) is 0 Å². The average Bonchev–Trinajstić information content (AvgIpc) is 2.97. The first-order valence-electron chi connectivity index (χ1n) is 8.68. The van der Waals surface area contributed by atoms with E-state index in [1.165, 1.54) is 11.4 Å². The van der Waals surface area contributed by atoms with E-state index < -0.39 is 5.51 Å². The number of nitrogens with zero attached hydrogens (tertiary/aromatic N) is 2. The molecule has 1 fully saturated rings. The summed E-state index contributed by atoms with van der Waals surface area (Å²) >= 11 is -0.238. The maximum Gasteiger partial charge on any atom is 0.446 e. The zero-order valence-electron chi connectivity index (χ0n) is 15.1. The van der Waals surface area contributed by atoms with Crippen LogP contribution in [-0.4, -0.2) is 46.8 Å².